The quantitative estimate of drug-likeness (QED) is 0.920. The van der Waals surface area contributed by atoms with Gasteiger partial charge in [0.15, 0.2) is 4.67 Å². The van der Waals surface area contributed by atoms with E-state index in [4.69, 9.17) is 16.0 Å². The molecule has 1 aromatic carbocycles. The fourth-order valence-corrected chi connectivity index (χ4v) is 2.22. The molecule has 0 amide bonds. The molecule has 1 aromatic heterocycles. The summed E-state index contributed by atoms with van der Waals surface area (Å²) in [6.45, 7) is 0. The molecular formula is C12H10BrClFNO. The molecule has 1 heterocycles. The molecule has 0 aliphatic rings. The van der Waals surface area contributed by atoms with E-state index in [1.54, 1.807) is 13.1 Å². The van der Waals surface area contributed by atoms with Crippen molar-refractivity contribution in [3.8, 4) is 0 Å². The molecule has 0 saturated carbocycles. The fraction of sp³-hybridized carbons (Fsp3) is 0.167. The van der Waals surface area contributed by atoms with Gasteiger partial charge in [-0.2, -0.15) is 0 Å². The predicted octanol–water partition coefficient (Wildman–Crippen LogP) is 4.14. The molecule has 0 bridgehead atoms. The number of hydrogen-bond donors (Lipinski definition) is 1. The third-order valence-electron chi connectivity index (χ3n) is 2.44. The molecule has 2 aromatic rings. The summed E-state index contributed by atoms with van der Waals surface area (Å²) in [5, 5.41) is 3.55. The number of furan rings is 1. The third-order valence-corrected chi connectivity index (χ3v) is 3.21. The Hall–Kier alpha value is -0.840. The number of rotatable bonds is 3. The van der Waals surface area contributed by atoms with E-state index in [9.17, 15) is 4.39 Å². The Kier molecular flexibility index (Phi) is 3.86. The first-order valence-electron chi connectivity index (χ1n) is 4.99. The van der Waals surface area contributed by atoms with Crippen LogP contribution in [0.2, 0.25) is 5.02 Å². The smallest absolute Gasteiger partial charge is 0.169 e. The van der Waals surface area contributed by atoms with Crippen molar-refractivity contribution in [3.05, 3.63) is 57.2 Å². The normalized spacial score (nSPS) is 12.7. The van der Waals surface area contributed by atoms with Crippen LogP contribution in [-0.4, -0.2) is 7.05 Å². The van der Waals surface area contributed by atoms with Crippen molar-refractivity contribution >= 4 is 27.5 Å². The van der Waals surface area contributed by atoms with Gasteiger partial charge in [-0.15, -0.1) is 0 Å². The standard InChI is InChI=1S/C12H10BrClFNO/c1-16-12(10-4-5-11(13)17-10)8-6-7(15)2-3-9(8)14/h2-6,12,16H,1H3. The average Bonchev–Trinajstić information content (AvgIpc) is 2.71. The van der Waals surface area contributed by atoms with Gasteiger partial charge in [0.2, 0.25) is 0 Å². The lowest BCUT2D eigenvalue weighted by molar-refractivity contribution is 0.446. The van der Waals surface area contributed by atoms with Gasteiger partial charge >= 0.3 is 0 Å². The van der Waals surface area contributed by atoms with Crippen molar-refractivity contribution in [2.45, 2.75) is 6.04 Å². The van der Waals surface area contributed by atoms with Gasteiger partial charge in [0.25, 0.3) is 0 Å². The van der Waals surface area contributed by atoms with Crippen LogP contribution in [0.25, 0.3) is 0 Å². The van der Waals surface area contributed by atoms with Crippen LogP contribution in [-0.2, 0) is 0 Å². The lowest BCUT2D eigenvalue weighted by atomic mass is 10.0. The SMILES string of the molecule is CNC(c1ccc(Br)o1)c1cc(F)ccc1Cl. The summed E-state index contributed by atoms with van der Waals surface area (Å²) in [4.78, 5) is 0. The van der Waals surface area contributed by atoms with Gasteiger partial charge < -0.3 is 9.73 Å². The van der Waals surface area contributed by atoms with Crippen LogP contribution in [0.1, 0.15) is 17.4 Å². The van der Waals surface area contributed by atoms with Crippen LogP contribution in [0.4, 0.5) is 4.39 Å². The Morgan fingerprint density at radius 2 is 2.12 bits per heavy atom. The molecule has 1 unspecified atom stereocenters. The lowest BCUT2D eigenvalue weighted by Gasteiger charge is -2.15. The van der Waals surface area contributed by atoms with Gasteiger partial charge in [0.05, 0.1) is 6.04 Å². The van der Waals surface area contributed by atoms with E-state index in [1.807, 2.05) is 6.07 Å². The summed E-state index contributed by atoms with van der Waals surface area (Å²) in [6.07, 6.45) is 0. The zero-order valence-corrected chi connectivity index (χ0v) is 11.3. The topological polar surface area (TPSA) is 25.2 Å². The molecule has 0 radical (unpaired) electrons. The maximum absolute atomic E-state index is 13.2. The summed E-state index contributed by atoms with van der Waals surface area (Å²) >= 11 is 9.30. The molecule has 1 N–H and O–H groups in total. The summed E-state index contributed by atoms with van der Waals surface area (Å²) in [6, 6.07) is 7.59. The highest BCUT2D eigenvalue weighted by Gasteiger charge is 2.19. The van der Waals surface area contributed by atoms with Gasteiger partial charge in [0, 0.05) is 5.02 Å². The zero-order valence-electron chi connectivity index (χ0n) is 9.01. The summed E-state index contributed by atoms with van der Waals surface area (Å²) in [7, 11) is 1.77. The number of nitrogens with one attached hydrogen (secondary N) is 1. The zero-order chi connectivity index (χ0) is 12.4. The number of halogens is 3. The highest BCUT2D eigenvalue weighted by molar-refractivity contribution is 9.10. The van der Waals surface area contributed by atoms with Crippen molar-refractivity contribution in [2.75, 3.05) is 7.05 Å². The Morgan fingerprint density at radius 3 is 2.71 bits per heavy atom. The van der Waals surface area contributed by atoms with Crippen LogP contribution >= 0.6 is 27.5 Å². The van der Waals surface area contributed by atoms with Crippen LogP contribution in [0.15, 0.2) is 39.4 Å². The maximum Gasteiger partial charge on any atom is 0.169 e. The summed E-state index contributed by atoms with van der Waals surface area (Å²) in [5.74, 6) is 0.349. The van der Waals surface area contributed by atoms with Crippen LogP contribution < -0.4 is 5.32 Å². The molecule has 0 saturated heterocycles. The Balaban J connectivity index is 2.45. The van der Waals surface area contributed by atoms with Crippen molar-refractivity contribution in [2.24, 2.45) is 0 Å². The van der Waals surface area contributed by atoms with E-state index in [2.05, 4.69) is 21.2 Å². The highest BCUT2D eigenvalue weighted by Crippen LogP contribution is 2.30. The fourth-order valence-electron chi connectivity index (χ4n) is 1.67. The Labute approximate surface area is 112 Å². The maximum atomic E-state index is 13.2. The monoisotopic (exact) mass is 317 g/mol. The van der Waals surface area contributed by atoms with E-state index in [0.717, 1.165) is 0 Å². The molecule has 1 atom stereocenters. The van der Waals surface area contributed by atoms with E-state index in [0.29, 0.717) is 21.0 Å². The Bertz CT molecular complexity index is 529. The number of benzene rings is 1. The van der Waals surface area contributed by atoms with Crippen LogP contribution in [0.5, 0.6) is 0 Å². The van der Waals surface area contributed by atoms with E-state index in [-0.39, 0.29) is 11.9 Å². The van der Waals surface area contributed by atoms with Crippen molar-refractivity contribution in [1.29, 1.82) is 0 Å². The van der Waals surface area contributed by atoms with Crippen LogP contribution in [0.3, 0.4) is 0 Å². The minimum Gasteiger partial charge on any atom is -0.452 e. The van der Waals surface area contributed by atoms with E-state index < -0.39 is 0 Å². The van der Waals surface area contributed by atoms with Crippen molar-refractivity contribution < 1.29 is 8.81 Å². The van der Waals surface area contributed by atoms with Gasteiger partial charge in [0.1, 0.15) is 11.6 Å². The largest absolute Gasteiger partial charge is 0.452 e. The molecule has 5 heteroatoms. The van der Waals surface area contributed by atoms with Gasteiger partial charge in [-0.25, -0.2) is 4.39 Å². The molecule has 2 nitrogen and oxygen atoms in total. The molecular weight excluding hydrogens is 308 g/mol. The Morgan fingerprint density at radius 1 is 1.35 bits per heavy atom. The van der Waals surface area contributed by atoms with Crippen molar-refractivity contribution in [3.63, 3.8) is 0 Å². The minimum atomic E-state index is -0.324. The number of hydrogen-bond acceptors (Lipinski definition) is 2. The third kappa shape index (κ3) is 2.70. The minimum absolute atomic E-state index is 0.274. The first-order chi connectivity index (χ1) is 8.11. The average molecular weight is 319 g/mol. The molecule has 0 aliphatic heterocycles. The second-order valence-electron chi connectivity index (χ2n) is 3.53. The van der Waals surface area contributed by atoms with E-state index in [1.165, 1.54) is 18.2 Å². The lowest BCUT2D eigenvalue weighted by Crippen LogP contribution is -2.17. The molecule has 2 rings (SSSR count). The first kappa shape index (κ1) is 12.6. The highest BCUT2D eigenvalue weighted by atomic mass is 79.9. The van der Waals surface area contributed by atoms with Crippen LogP contribution in [0, 0.1) is 5.82 Å². The second-order valence-corrected chi connectivity index (χ2v) is 4.72. The molecule has 17 heavy (non-hydrogen) atoms. The first-order valence-corrected chi connectivity index (χ1v) is 6.16. The molecule has 0 aliphatic carbocycles. The summed E-state index contributed by atoms with van der Waals surface area (Å²) in [5.41, 5.74) is 0.649. The van der Waals surface area contributed by atoms with Gasteiger partial charge in [-0.05, 0) is 58.9 Å². The van der Waals surface area contributed by atoms with Crippen molar-refractivity contribution in [1.82, 2.24) is 5.32 Å². The molecule has 0 spiro atoms. The van der Waals surface area contributed by atoms with E-state index >= 15 is 0 Å². The van der Waals surface area contributed by atoms with Gasteiger partial charge in [-0.1, -0.05) is 11.6 Å². The summed E-state index contributed by atoms with van der Waals surface area (Å²) < 4.78 is 19.3. The predicted molar refractivity (Wildman–Crippen MR) is 68.7 cm³/mol. The molecule has 0 fully saturated rings. The second kappa shape index (κ2) is 5.21. The molecule has 90 valence electrons. The van der Waals surface area contributed by atoms with Gasteiger partial charge in [-0.3, -0.25) is 0 Å².